The first kappa shape index (κ1) is 13.0. The molecular weight excluding hydrogens is 226 g/mol. The lowest BCUT2D eigenvalue weighted by Crippen LogP contribution is -2.45. The zero-order chi connectivity index (χ0) is 13.2. The molecule has 0 saturated carbocycles. The Morgan fingerprint density at radius 1 is 1.61 bits per heavy atom. The Hall–Kier alpha value is -1.42. The number of Topliss-reactive ketones (excluding diaryl/α,β-unsaturated/α-hetero) is 1. The summed E-state index contributed by atoms with van der Waals surface area (Å²) in [4.78, 5) is 16.9. The van der Waals surface area contributed by atoms with Gasteiger partial charge in [0.2, 0.25) is 0 Å². The molecule has 1 atom stereocenters. The second kappa shape index (κ2) is 5.06. The fraction of sp³-hybridized carbons (Fsp3) is 0.571. The van der Waals surface area contributed by atoms with Crippen LogP contribution in [-0.4, -0.2) is 23.9 Å². The monoisotopic (exact) mass is 247 g/mol. The van der Waals surface area contributed by atoms with Crippen LogP contribution < -0.4 is 11.1 Å². The summed E-state index contributed by atoms with van der Waals surface area (Å²) >= 11 is 0. The molecule has 98 valence electrons. The van der Waals surface area contributed by atoms with Gasteiger partial charge in [0.05, 0.1) is 5.56 Å². The molecule has 18 heavy (non-hydrogen) atoms. The molecule has 1 aromatic rings. The minimum absolute atomic E-state index is 0.153. The molecule has 0 spiro atoms. The molecule has 1 aliphatic rings. The summed E-state index contributed by atoms with van der Waals surface area (Å²) in [5, 5.41) is 3.33. The van der Waals surface area contributed by atoms with E-state index in [1.807, 2.05) is 13.0 Å². The van der Waals surface area contributed by atoms with Crippen molar-refractivity contribution in [3.8, 4) is 0 Å². The fourth-order valence-electron chi connectivity index (χ4n) is 2.76. The quantitative estimate of drug-likeness (QED) is 0.801. The maximum Gasteiger partial charge on any atom is 0.174 e. The average molecular weight is 247 g/mol. The molecule has 1 saturated heterocycles. The molecule has 0 bridgehead atoms. The van der Waals surface area contributed by atoms with Gasteiger partial charge >= 0.3 is 0 Å². The highest BCUT2D eigenvalue weighted by Gasteiger charge is 2.39. The highest BCUT2D eigenvalue weighted by molar-refractivity contribution is 6.05. The molecule has 0 aliphatic carbocycles. The third kappa shape index (κ3) is 2.12. The number of hydrogen-bond acceptors (Lipinski definition) is 4. The second-order valence-electron chi connectivity index (χ2n) is 5.13. The van der Waals surface area contributed by atoms with E-state index in [9.17, 15) is 4.79 Å². The van der Waals surface area contributed by atoms with E-state index >= 15 is 0 Å². The van der Waals surface area contributed by atoms with E-state index in [0.29, 0.717) is 11.4 Å². The minimum Gasteiger partial charge on any atom is -0.383 e. The molecule has 4 nitrogen and oxygen atoms in total. The Labute approximate surface area is 108 Å². The molecule has 2 rings (SSSR count). The molecule has 1 unspecified atom stereocenters. The van der Waals surface area contributed by atoms with Crippen LogP contribution in [0.2, 0.25) is 0 Å². The van der Waals surface area contributed by atoms with E-state index in [2.05, 4.69) is 17.2 Å². The first-order valence-corrected chi connectivity index (χ1v) is 6.57. The zero-order valence-corrected chi connectivity index (χ0v) is 11.1. The van der Waals surface area contributed by atoms with Crippen molar-refractivity contribution in [3.63, 3.8) is 0 Å². The highest BCUT2D eigenvalue weighted by Crippen LogP contribution is 2.35. The zero-order valence-electron chi connectivity index (χ0n) is 11.1. The van der Waals surface area contributed by atoms with Gasteiger partial charge < -0.3 is 11.1 Å². The molecule has 1 aromatic heterocycles. The van der Waals surface area contributed by atoms with Crippen LogP contribution in [0.4, 0.5) is 5.82 Å². The maximum absolute atomic E-state index is 12.8. The summed E-state index contributed by atoms with van der Waals surface area (Å²) < 4.78 is 0. The summed E-state index contributed by atoms with van der Waals surface area (Å²) in [7, 11) is 0. The fourth-order valence-corrected chi connectivity index (χ4v) is 2.76. The number of ketones is 1. The van der Waals surface area contributed by atoms with Crippen molar-refractivity contribution in [1.82, 2.24) is 10.3 Å². The third-order valence-electron chi connectivity index (χ3n) is 4.05. The van der Waals surface area contributed by atoms with Crippen molar-refractivity contribution >= 4 is 11.6 Å². The van der Waals surface area contributed by atoms with Gasteiger partial charge in [0.15, 0.2) is 5.78 Å². The Balaban J connectivity index is 2.40. The van der Waals surface area contributed by atoms with Crippen molar-refractivity contribution in [2.24, 2.45) is 5.41 Å². The number of nitrogen functional groups attached to an aromatic ring is 1. The Morgan fingerprint density at radius 3 is 2.94 bits per heavy atom. The van der Waals surface area contributed by atoms with Crippen LogP contribution >= 0.6 is 0 Å². The van der Waals surface area contributed by atoms with E-state index in [1.165, 1.54) is 0 Å². The molecule has 0 amide bonds. The molecule has 3 N–H and O–H groups in total. The first-order chi connectivity index (χ1) is 8.60. The van der Waals surface area contributed by atoms with Crippen molar-refractivity contribution in [2.45, 2.75) is 33.1 Å². The number of nitrogens with two attached hydrogens (primary N) is 1. The van der Waals surface area contributed by atoms with Gasteiger partial charge in [0.25, 0.3) is 0 Å². The number of nitrogens with one attached hydrogen (secondary N) is 1. The molecular formula is C14H21N3O. The number of carbonyl (C=O) groups is 1. The van der Waals surface area contributed by atoms with Crippen LogP contribution in [0, 0.1) is 12.3 Å². The van der Waals surface area contributed by atoms with Gasteiger partial charge in [0.1, 0.15) is 5.82 Å². The maximum atomic E-state index is 12.8. The highest BCUT2D eigenvalue weighted by atomic mass is 16.1. The van der Waals surface area contributed by atoms with E-state index in [1.54, 1.807) is 6.20 Å². The van der Waals surface area contributed by atoms with Gasteiger partial charge in [-0.25, -0.2) is 4.98 Å². The van der Waals surface area contributed by atoms with Crippen LogP contribution in [0.25, 0.3) is 0 Å². The predicted octanol–water partition coefficient (Wildman–Crippen LogP) is 1.93. The molecule has 0 aromatic carbocycles. The summed E-state index contributed by atoms with van der Waals surface area (Å²) in [5.74, 6) is 0.513. The number of aryl methyl sites for hydroxylation is 1. The number of rotatable bonds is 3. The number of anilines is 1. The molecule has 0 radical (unpaired) electrons. The number of carbonyl (C=O) groups excluding carboxylic acids is 1. The number of nitrogens with zero attached hydrogens (tertiary/aromatic N) is 1. The normalized spacial score (nSPS) is 23.9. The lowest BCUT2D eigenvalue weighted by atomic mass is 9.72. The van der Waals surface area contributed by atoms with Gasteiger partial charge in [-0.15, -0.1) is 0 Å². The minimum atomic E-state index is -0.305. The predicted molar refractivity (Wildman–Crippen MR) is 72.5 cm³/mol. The van der Waals surface area contributed by atoms with Crippen LogP contribution in [0.3, 0.4) is 0 Å². The van der Waals surface area contributed by atoms with Gasteiger partial charge in [-0.05, 0) is 44.4 Å². The van der Waals surface area contributed by atoms with Crippen LogP contribution in [-0.2, 0) is 0 Å². The molecule has 4 heteroatoms. The summed E-state index contributed by atoms with van der Waals surface area (Å²) in [5.41, 5.74) is 7.12. The second-order valence-corrected chi connectivity index (χ2v) is 5.13. The van der Waals surface area contributed by atoms with Crippen LogP contribution in [0.1, 0.15) is 42.1 Å². The van der Waals surface area contributed by atoms with Crippen molar-refractivity contribution in [2.75, 3.05) is 18.8 Å². The lowest BCUT2D eigenvalue weighted by Gasteiger charge is -2.36. The van der Waals surface area contributed by atoms with Crippen molar-refractivity contribution < 1.29 is 4.79 Å². The van der Waals surface area contributed by atoms with Gasteiger partial charge in [-0.1, -0.05) is 6.92 Å². The topological polar surface area (TPSA) is 68.0 Å². The van der Waals surface area contributed by atoms with Gasteiger partial charge in [-0.3, -0.25) is 4.79 Å². The van der Waals surface area contributed by atoms with E-state index in [0.717, 1.165) is 37.9 Å². The Bertz CT molecular complexity index is 430. The van der Waals surface area contributed by atoms with Gasteiger partial charge in [-0.2, -0.15) is 0 Å². The summed E-state index contributed by atoms with van der Waals surface area (Å²) in [6.07, 6.45) is 4.47. The third-order valence-corrected chi connectivity index (χ3v) is 4.05. The lowest BCUT2D eigenvalue weighted by molar-refractivity contribution is 0.0730. The van der Waals surface area contributed by atoms with Crippen molar-refractivity contribution in [3.05, 3.63) is 23.4 Å². The van der Waals surface area contributed by atoms with Crippen LogP contribution in [0.5, 0.6) is 0 Å². The number of pyridine rings is 1. The van der Waals surface area contributed by atoms with Gasteiger partial charge in [0, 0.05) is 18.2 Å². The first-order valence-electron chi connectivity index (χ1n) is 6.57. The average Bonchev–Trinajstić information content (AvgIpc) is 2.39. The summed E-state index contributed by atoms with van der Waals surface area (Å²) in [6.45, 7) is 5.74. The Kier molecular flexibility index (Phi) is 3.66. The largest absolute Gasteiger partial charge is 0.383 e. The Morgan fingerprint density at radius 2 is 2.39 bits per heavy atom. The van der Waals surface area contributed by atoms with E-state index in [-0.39, 0.29) is 11.2 Å². The number of hydrogen-bond donors (Lipinski definition) is 2. The SMILES string of the molecule is CCC1(C(=O)c2c(C)ccnc2N)CCCNC1. The van der Waals surface area contributed by atoms with E-state index in [4.69, 9.17) is 5.73 Å². The molecule has 1 fully saturated rings. The van der Waals surface area contributed by atoms with Crippen molar-refractivity contribution in [1.29, 1.82) is 0 Å². The van der Waals surface area contributed by atoms with Crippen LogP contribution in [0.15, 0.2) is 12.3 Å². The molecule has 2 heterocycles. The number of aromatic nitrogens is 1. The van der Waals surface area contributed by atoms with E-state index < -0.39 is 0 Å². The summed E-state index contributed by atoms with van der Waals surface area (Å²) in [6, 6.07) is 1.85. The smallest absolute Gasteiger partial charge is 0.174 e. The standard InChI is InChI=1S/C14H21N3O/c1-3-14(6-4-7-16-9-14)12(18)11-10(2)5-8-17-13(11)15/h5,8,16H,3-4,6-7,9H2,1-2H3,(H2,15,17). The molecule has 1 aliphatic heterocycles. The number of piperidine rings is 1.